The standard InChI is InChI=1S/C17H14FNO2/c18-12-3-1-2-4-13(12)19-16(20)14-8-5-6-9(11-7-10(8)11)15(14)17(19)21/h1-6,8-11,14-15H,7H2/t8-,9-,10-,11+,14-,15+/m1/s1. The maximum absolute atomic E-state index is 14.0. The van der Waals surface area contributed by atoms with Crippen molar-refractivity contribution < 1.29 is 14.0 Å². The van der Waals surface area contributed by atoms with Crippen LogP contribution in [0.1, 0.15) is 6.42 Å². The van der Waals surface area contributed by atoms with Crippen LogP contribution < -0.4 is 4.90 Å². The summed E-state index contributed by atoms with van der Waals surface area (Å²) in [6.45, 7) is 0. The maximum Gasteiger partial charge on any atom is 0.238 e. The number of halogens is 1. The third kappa shape index (κ3) is 1.29. The van der Waals surface area contributed by atoms with Crippen LogP contribution in [0.5, 0.6) is 0 Å². The normalized spacial score (nSPS) is 42.2. The van der Waals surface area contributed by atoms with Gasteiger partial charge in [0, 0.05) is 0 Å². The summed E-state index contributed by atoms with van der Waals surface area (Å²) < 4.78 is 14.0. The lowest BCUT2D eigenvalue weighted by molar-refractivity contribution is -0.124. The molecule has 0 radical (unpaired) electrons. The molecule has 2 amide bonds. The molecule has 106 valence electrons. The average molecular weight is 283 g/mol. The number of anilines is 1. The third-order valence-corrected chi connectivity index (χ3v) is 5.76. The highest BCUT2D eigenvalue weighted by molar-refractivity contribution is 6.22. The molecule has 0 unspecified atom stereocenters. The predicted octanol–water partition coefficient (Wildman–Crippen LogP) is 2.38. The van der Waals surface area contributed by atoms with Gasteiger partial charge in [-0.3, -0.25) is 9.59 Å². The Bertz CT molecular complexity index is 676. The minimum atomic E-state index is -0.511. The van der Waals surface area contributed by atoms with Crippen molar-refractivity contribution >= 4 is 17.5 Å². The minimum Gasteiger partial charge on any atom is -0.274 e. The molecule has 2 saturated carbocycles. The van der Waals surface area contributed by atoms with Crippen molar-refractivity contribution in [2.45, 2.75) is 6.42 Å². The number of carbonyl (C=O) groups is 2. The van der Waals surface area contributed by atoms with E-state index in [0.29, 0.717) is 11.8 Å². The zero-order chi connectivity index (χ0) is 14.3. The molecule has 0 aromatic heterocycles. The van der Waals surface area contributed by atoms with Gasteiger partial charge in [0.2, 0.25) is 11.8 Å². The second kappa shape index (κ2) is 3.62. The predicted molar refractivity (Wildman–Crippen MR) is 73.6 cm³/mol. The van der Waals surface area contributed by atoms with Gasteiger partial charge in [0.25, 0.3) is 0 Å². The van der Waals surface area contributed by atoms with Crippen LogP contribution in [0.15, 0.2) is 36.4 Å². The number of hydrogen-bond acceptors (Lipinski definition) is 2. The fraction of sp³-hybridized carbons (Fsp3) is 0.412. The molecule has 3 nitrogen and oxygen atoms in total. The number of hydrogen-bond donors (Lipinski definition) is 0. The molecule has 21 heavy (non-hydrogen) atoms. The monoisotopic (exact) mass is 283 g/mol. The van der Waals surface area contributed by atoms with E-state index in [2.05, 4.69) is 12.2 Å². The molecule has 6 atom stereocenters. The van der Waals surface area contributed by atoms with E-state index >= 15 is 0 Å². The molecule has 2 bridgehead atoms. The Hall–Kier alpha value is -1.97. The van der Waals surface area contributed by atoms with Crippen LogP contribution in [-0.2, 0) is 9.59 Å². The number of imide groups is 1. The Labute approximate surface area is 121 Å². The van der Waals surface area contributed by atoms with Gasteiger partial charge in [-0.05, 0) is 42.2 Å². The second-order valence-corrected chi connectivity index (χ2v) is 6.62. The Kier molecular flexibility index (Phi) is 2.01. The summed E-state index contributed by atoms with van der Waals surface area (Å²) in [6, 6.07) is 6.03. The van der Waals surface area contributed by atoms with E-state index in [1.807, 2.05) is 0 Å². The highest BCUT2D eigenvalue weighted by atomic mass is 19.1. The Morgan fingerprint density at radius 1 is 0.952 bits per heavy atom. The molecular formula is C17H14FNO2. The summed E-state index contributed by atoms with van der Waals surface area (Å²) in [5.74, 6) is 0.0308. The van der Waals surface area contributed by atoms with Crippen molar-refractivity contribution in [3.63, 3.8) is 0 Å². The first-order valence-corrected chi connectivity index (χ1v) is 7.49. The second-order valence-electron chi connectivity index (χ2n) is 6.62. The summed E-state index contributed by atoms with van der Waals surface area (Å²) in [4.78, 5) is 26.6. The van der Waals surface area contributed by atoms with E-state index in [4.69, 9.17) is 0 Å². The lowest BCUT2D eigenvalue weighted by Gasteiger charge is -2.37. The largest absolute Gasteiger partial charge is 0.274 e. The highest BCUT2D eigenvalue weighted by Gasteiger charge is 2.67. The lowest BCUT2D eigenvalue weighted by atomic mass is 9.63. The Balaban J connectivity index is 1.62. The van der Waals surface area contributed by atoms with Crippen LogP contribution in [0.2, 0.25) is 0 Å². The van der Waals surface area contributed by atoms with Crippen molar-refractivity contribution in [2.75, 3.05) is 4.90 Å². The third-order valence-electron chi connectivity index (χ3n) is 5.76. The zero-order valence-electron chi connectivity index (χ0n) is 11.3. The Morgan fingerprint density at radius 2 is 1.52 bits per heavy atom. The average Bonchev–Trinajstić information content (AvgIpc) is 3.26. The smallest absolute Gasteiger partial charge is 0.238 e. The first kappa shape index (κ1) is 11.7. The van der Waals surface area contributed by atoms with Gasteiger partial charge in [0.15, 0.2) is 0 Å². The summed E-state index contributed by atoms with van der Waals surface area (Å²) in [5.41, 5.74) is 0.106. The van der Waals surface area contributed by atoms with E-state index in [-0.39, 0.29) is 41.2 Å². The fourth-order valence-corrected chi connectivity index (χ4v) is 4.83. The molecule has 1 heterocycles. The van der Waals surface area contributed by atoms with Crippen LogP contribution in [0.3, 0.4) is 0 Å². The van der Waals surface area contributed by atoms with Gasteiger partial charge in [-0.15, -0.1) is 0 Å². The number of carbonyl (C=O) groups excluding carboxylic acids is 2. The highest BCUT2D eigenvalue weighted by Crippen LogP contribution is 2.65. The molecule has 0 spiro atoms. The van der Waals surface area contributed by atoms with E-state index in [0.717, 1.165) is 11.3 Å². The van der Waals surface area contributed by atoms with Crippen LogP contribution in [-0.4, -0.2) is 11.8 Å². The van der Waals surface area contributed by atoms with Gasteiger partial charge in [-0.25, -0.2) is 9.29 Å². The molecule has 1 aromatic carbocycles. The summed E-state index contributed by atoms with van der Waals surface area (Å²) >= 11 is 0. The topological polar surface area (TPSA) is 37.4 Å². The van der Waals surface area contributed by atoms with Crippen LogP contribution in [0.4, 0.5) is 10.1 Å². The van der Waals surface area contributed by atoms with Crippen LogP contribution in [0, 0.1) is 41.3 Å². The van der Waals surface area contributed by atoms with Gasteiger partial charge in [0.05, 0.1) is 17.5 Å². The van der Waals surface area contributed by atoms with Gasteiger partial charge in [-0.1, -0.05) is 24.3 Å². The number of nitrogens with zero attached hydrogens (tertiary/aromatic N) is 1. The number of amides is 2. The number of rotatable bonds is 1. The molecule has 1 aromatic rings. The first-order valence-electron chi connectivity index (χ1n) is 7.49. The summed E-state index contributed by atoms with van der Waals surface area (Å²) in [6.07, 6.45) is 5.38. The number of allylic oxidation sites excluding steroid dienone is 2. The summed E-state index contributed by atoms with van der Waals surface area (Å²) in [7, 11) is 0. The van der Waals surface area contributed by atoms with Gasteiger partial charge >= 0.3 is 0 Å². The van der Waals surface area contributed by atoms with Gasteiger partial charge < -0.3 is 0 Å². The maximum atomic E-state index is 14.0. The summed E-state index contributed by atoms with van der Waals surface area (Å²) in [5, 5.41) is 0. The zero-order valence-corrected chi connectivity index (χ0v) is 11.3. The van der Waals surface area contributed by atoms with E-state index < -0.39 is 5.82 Å². The van der Waals surface area contributed by atoms with Gasteiger partial charge in [-0.2, -0.15) is 0 Å². The van der Waals surface area contributed by atoms with Crippen molar-refractivity contribution in [2.24, 2.45) is 35.5 Å². The SMILES string of the molecule is O=C1[C@@H]2[C@@H]3C=C[C@H]([C@@H]4C[C@H]34)[C@@H]2C(=O)N1c1ccccc1F. The number of para-hydroxylation sites is 1. The van der Waals surface area contributed by atoms with E-state index in [9.17, 15) is 14.0 Å². The molecule has 4 aliphatic carbocycles. The van der Waals surface area contributed by atoms with E-state index in [1.165, 1.54) is 12.1 Å². The molecule has 5 aliphatic rings. The quantitative estimate of drug-likeness (QED) is 0.586. The number of benzene rings is 1. The van der Waals surface area contributed by atoms with Crippen molar-refractivity contribution in [3.8, 4) is 0 Å². The molecule has 1 aliphatic heterocycles. The fourth-order valence-electron chi connectivity index (χ4n) is 4.83. The Morgan fingerprint density at radius 3 is 2.10 bits per heavy atom. The van der Waals surface area contributed by atoms with Gasteiger partial charge in [0.1, 0.15) is 5.82 Å². The van der Waals surface area contributed by atoms with Crippen molar-refractivity contribution in [1.82, 2.24) is 0 Å². The molecule has 4 heteroatoms. The minimum absolute atomic E-state index is 0.106. The van der Waals surface area contributed by atoms with Crippen molar-refractivity contribution in [3.05, 3.63) is 42.2 Å². The van der Waals surface area contributed by atoms with Crippen LogP contribution >= 0.6 is 0 Å². The lowest BCUT2D eigenvalue weighted by Crippen LogP contribution is -2.40. The van der Waals surface area contributed by atoms with E-state index in [1.54, 1.807) is 12.1 Å². The molecule has 3 fully saturated rings. The van der Waals surface area contributed by atoms with Crippen molar-refractivity contribution in [1.29, 1.82) is 0 Å². The molecule has 6 rings (SSSR count). The first-order chi connectivity index (χ1) is 10.2. The molecule has 1 saturated heterocycles. The molecule has 0 N–H and O–H groups in total. The van der Waals surface area contributed by atoms with Crippen LogP contribution in [0.25, 0.3) is 0 Å². The molecular weight excluding hydrogens is 269 g/mol.